The molecule has 196 valence electrons. The minimum absolute atomic E-state index is 0.0825. The minimum atomic E-state index is -3.38. The van der Waals surface area contributed by atoms with E-state index >= 15 is 0 Å². The molecule has 0 radical (unpaired) electrons. The van der Waals surface area contributed by atoms with Gasteiger partial charge in [0.15, 0.2) is 0 Å². The Hall–Kier alpha value is -2.60. The Morgan fingerprint density at radius 2 is 1.61 bits per heavy atom. The van der Waals surface area contributed by atoms with Crippen molar-refractivity contribution in [2.24, 2.45) is 0 Å². The highest BCUT2D eigenvalue weighted by Gasteiger charge is 2.37. The normalized spacial score (nSPS) is 23.9. The van der Waals surface area contributed by atoms with Crippen LogP contribution < -0.4 is 15.2 Å². The lowest BCUT2D eigenvalue weighted by Crippen LogP contribution is -2.51. The van der Waals surface area contributed by atoms with Crippen molar-refractivity contribution in [2.75, 3.05) is 31.1 Å². The average molecular weight is 527 g/mol. The summed E-state index contributed by atoms with van der Waals surface area (Å²) in [5.74, 6) is -1.80. The molecule has 1 aromatic heterocycles. The molecule has 8 nitrogen and oxygen atoms in total. The predicted molar refractivity (Wildman–Crippen MR) is 128 cm³/mol. The van der Waals surface area contributed by atoms with E-state index in [0.717, 1.165) is 29.7 Å². The number of halogens is 3. The maximum Gasteiger partial charge on any atom is 0.316 e. The standard InChI is InChI=1S/C24H29F3N4O4S/c25-16-5-6-20(14-16)35-23-22(15-28-31(24(23)32)19-12-17(26)11-18(27)13-19)29-7-9-30(10-8-29)36(33,34)21-3-1-2-4-21/h11-13,15-16,20-21H,1-10,14H2/t16-,20-/m0/s1. The van der Waals surface area contributed by atoms with Gasteiger partial charge in [0, 0.05) is 38.7 Å². The number of benzene rings is 1. The van der Waals surface area contributed by atoms with Crippen LogP contribution in [-0.2, 0) is 10.0 Å². The molecule has 2 heterocycles. The van der Waals surface area contributed by atoms with Crippen molar-refractivity contribution in [3.05, 3.63) is 46.4 Å². The summed E-state index contributed by atoms with van der Waals surface area (Å²) in [4.78, 5) is 15.2. The molecule has 1 aromatic carbocycles. The van der Waals surface area contributed by atoms with Crippen LogP contribution in [0.2, 0.25) is 0 Å². The molecule has 0 unspecified atom stereocenters. The van der Waals surface area contributed by atoms with Crippen LogP contribution in [0.4, 0.5) is 18.9 Å². The lowest BCUT2D eigenvalue weighted by Gasteiger charge is -2.37. The Morgan fingerprint density at radius 1 is 0.944 bits per heavy atom. The Balaban J connectivity index is 1.43. The van der Waals surface area contributed by atoms with Gasteiger partial charge in [0.25, 0.3) is 0 Å². The first-order valence-electron chi connectivity index (χ1n) is 12.4. The topological polar surface area (TPSA) is 84.7 Å². The molecule has 2 atom stereocenters. The zero-order valence-corrected chi connectivity index (χ0v) is 20.6. The van der Waals surface area contributed by atoms with Crippen molar-refractivity contribution in [1.82, 2.24) is 14.1 Å². The van der Waals surface area contributed by atoms with Gasteiger partial charge in [0.05, 0.1) is 17.1 Å². The molecule has 2 aliphatic carbocycles. The van der Waals surface area contributed by atoms with E-state index in [9.17, 15) is 26.4 Å². The highest BCUT2D eigenvalue weighted by molar-refractivity contribution is 7.89. The molecular weight excluding hydrogens is 497 g/mol. The Bertz CT molecular complexity index is 1250. The van der Waals surface area contributed by atoms with Crippen molar-refractivity contribution in [3.63, 3.8) is 0 Å². The van der Waals surface area contributed by atoms with E-state index in [0.29, 0.717) is 50.5 Å². The van der Waals surface area contributed by atoms with Crippen molar-refractivity contribution >= 4 is 15.7 Å². The molecular formula is C24H29F3N4O4S. The second-order valence-electron chi connectivity index (χ2n) is 9.69. The lowest BCUT2D eigenvalue weighted by atomic mass is 10.2. The van der Waals surface area contributed by atoms with Crippen molar-refractivity contribution in [1.29, 1.82) is 0 Å². The van der Waals surface area contributed by atoms with Crippen LogP contribution in [0.25, 0.3) is 5.69 Å². The van der Waals surface area contributed by atoms with Crippen LogP contribution in [0.15, 0.2) is 29.2 Å². The Morgan fingerprint density at radius 3 is 2.22 bits per heavy atom. The molecule has 12 heteroatoms. The van der Waals surface area contributed by atoms with E-state index in [4.69, 9.17) is 4.74 Å². The SMILES string of the molecule is O=c1c(O[C@H]2CC[C@H](F)C2)c(N2CCN(S(=O)(=O)C3CCCC3)CC2)cnn1-c1cc(F)cc(F)c1. The van der Waals surface area contributed by atoms with E-state index in [2.05, 4.69) is 5.10 Å². The van der Waals surface area contributed by atoms with Crippen LogP contribution in [-0.4, -0.2) is 66.2 Å². The van der Waals surface area contributed by atoms with Gasteiger partial charge in [-0.05, 0) is 37.8 Å². The van der Waals surface area contributed by atoms with Crippen LogP contribution in [0.1, 0.15) is 44.9 Å². The summed E-state index contributed by atoms with van der Waals surface area (Å²) in [6.07, 6.45) is 3.94. The van der Waals surface area contributed by atoms with Gasteiger partial charge < -0.3 is 9.64 Å². The van der Waals surface area contributed by atoms with Crippen LogP contribution in [0, 0.1) is 11.6 Å². The Labute approximate surface area is 207 Å². The molecule has 1 aliphatic heterocycles. The van der Waals surface area contributed by atoms with Crippen LogP contribution in [0.3, 0.4) is 0 Å². The predicted octanol–water partition coefficient (Wildman–Crippen LogP) is 3.17. The highest BCUT2D eigenvalue weighted by Crippen LogP contribution is 2.33. The van der Waals surface area contributed by atoms with E-state index in [-0.39, 0.29) is 36.2 Å². The van der Waals surface area contributed by atoms with Gasteiger partial charge in [-0.25, -0.2) is 21.6 Å². The van der Waals surface area contributed by atoms with Crippen molar-refractivity contribution in [3.8, 4) is 11.4 Å². The second kappa shape index (κ2) is 10.0. The number of hydrogen-bond donors (Lipinski definition) is 0. The van der Waals surface area contributed by atoms with Gasteiger partial charge in [-0.15, -0.1) is 0 Å². The quantitative estimate of drug-likeness (QED) is 0.575. The van der Waals surface area contributed by atoms with Crippen LogP contribution in [0.5, 0.6) is 5.75 Å². The average Bonchev–Trinajstić information content (AvgIpc) is 3.52. The summed E-state index contributed by atoms with van der Waals surface area (Å²) in [6.45, 7) is 1.15. The summed E-state index contributed by atoms with van der Waals surface area (Å²) in [5, 5.41) is 3.79. The lowest BCUT2D eigenvalue weighted by molar-refractivity contribution is 0.193. The summed E-state index contributed by atoms with van der Waals surface area (Å²) in [5.41, 5.74) is -0.467. The number of anilines is 1. The second-order valence-corrected chi connectivity index (χ2v) is 11.9. The first kappa shape index (κ1) is 25.1. The molecule has 2 saturated carbocycles. The number of sulfonamides is 1. The van der Waals surface area contributed by atoms with Crippen molar-refractivity contribution < 1.29 is 26.3 Å². The first-order valence-corrected chi connectivity index (χ1v) is 13.9. The third-order valence-corrected chi connectivity index (χ3v) is 9.67. The van der Waals surface area contributed by atoms with E-state index in [1.807, 2.05) is 4.90 Å². The molecule has 2 aromatic rings. The fraction of sp³-hybridized carbons (Fsp3) is 0.583. The van der Waals surface area contributed by atoms with E-state index < -0.39 is 39.5 Å². The van der Waals surface area contributed by atoms with E-state index in [1.165, 1.54) is 10.5 Å². The number of nitrogens with zero attached hydrogens (tertiary/aromatic N) is 4. The smallest absolute Gasteiger partial charge is 0.316 e. The van der Waals surface area contributed by atoms with Gasteiger partial charge in [-0.3, -0.25) is 4.79 Å². The molecule has 3 fully saturated rings. The molecule has 0 amide bonds. The maximum absolute atomic E-state index is 13.8. The molecule has 36 heavy (non-hydrogen) atoms. The van der Waals surface area contributed by atoms with E-state index in [1.54, 1.807) is 0 Å². The van der Waals surface area contributed by atoms with Crippen molar-refractivity contribution in [2.45, 2.75) is 62.5 Å². The summed E-state index contributed by atoms with van der Waals surface area (Å²) in [7, 11) is -3.38. The maximum atomic E-state index is 13.8. The number of ether oxygens (including phenoxy) is 1. The first-order chi connectivity index (χ1) is 17.2. The number of alkyl halides is 1. The number of hydrogen-bond acceptors (Lipinski definition) is 6. The molecule has 0 N–H and O–H groups in total. The number of piperazine rings is 1. The summed E-state index contributed by atoms with van der Waals surface area (Å²) in [6, 6.07) is 2.67. The zero-order chi connectivity index (χ0) is 25.4. The molecule has 0 spiro atoms. The van der Waals surface area contributed by atoms with Gasteiger partial charge in [-0.1, -0.05) is 12.8 Å². The molecule has 0 bridgehead atoms. The third-order valence-electron chi connectivity index (χ3n) is 7.27. The van der Waals surface area contributed by atoms with Gasteiger partial charge in [-0.2, -0.15) is 14.1 Å². The fourth-order valence-electron chi connectivity index (χ4n) is 5.35. The third kappa shape index (κ3) is 4.97. The summed E-state index contributed by atoms with van der Waals surface area (Å²) < 4.78 is 75.8. The van der Waals surface area contributed by atoms with Gasteiger partial charge in [0.2, 0.25) is 15.8 Å². The zero-order valence-electron chi connectivity index (χ0n) is 19.8. The fourth-order valence-corrected chi connectivity index (χ4v) is 7.38. The minimum Gasteiger partial charge on any atom is -0.483 e. The monoisotopic (exact) mass is 526 g/mol. The number of aromatic nitrogens is 2. The molecule has 3 aliphatic rings. The molecule has 1 saturated heterocycles. The largest absolute Gasteiger partial charge is 0.483 e. The summed E-state index contributed by atoms with van der Waals surface area (Å²) >= 11 is 0. The number of rotatable bonds is 6. The van der Waals surface area contributed by atoms with Gasteiger partial charge in [0.1, 0.15) is 29.6 Å². The van der Waals surface area contributed by atoms with Gasteiger partial charge >= 0.3 is 5.56 Å². The highest BCUT2D eigenvalue weighted by atomic mass is 32.2. The Kier molecular flexibility index (Phi) is 6.99. The van der Waals surface area contributed by atoms with Crippen LogP contribution >= 0.6 is 0 Å². The molecule has 5 rings (SSSR count).